The largest absolute Gasteiger partial charge is 0.313 e. The van der Waals surface area contributed by atoms with Crippen LogP contribution in [0.3, 0.4) is 0 Å². The van der Waals surface area contributed by atoms with Crippen molar-refractivity contribution in [3.05, 3.63) is 27.4 Å². The molecular formula is C11H16BrCl2FN2O2S. The van der Waals surface area contributed by atoms with Gasteiger partial charge in [-0.15, -0.1) is 12.4 Å². The van der Waals surface area contributed by atoms with E-state index in [4.69, 9.17) is 11.6 Å². The van der Waals surface area contributed by atoms with E-state index in [0.717, 1.165) is 18.7 Å². The molecule has 0 fully saturated rings. The van der Waals surface area contributed by atoms with Crippen LogP contribution in [-0.4, -0.2) is 27.5 Å². The van der Waals surface area contributed by atoms with E-state index in [1.54, 1.807) is 0 Å². The lowest BCUT2D eigenvalue weighted by Crippen LogP contribution is -2.39. The van der Waals surface area contributed by atoms with Crippen molar-refractivity contribution in [3.8, 4) is 0 Å². The van der Waals surface area contributed by atoms with Crippen molar-refractivity contribution in [2.75, 3.05) is 13.1 Å². The molecule has 0 saturated carbocycles. The first-order chi connectivity index (χ1) is 8.77. The molecule has 0 bridgehead atoms. The summed E-state index contributed by atoms with van der Waals surface area (Å²) in [5, 5.41) is 3.19. The third-order valence-electron chi connectivity index (χ3n) is 2.40. The fourth-order valence-electron chi connectivity index (χ4n) is 1.44. The molecule has 0 aliphatic rings. The molecule has 0 amide bonds. The van der Waals surface area contributed by atoms with Crippen LogP contribution in [0.25, 0.3) is 0 Å². The molecule has 2 N–H and O–H groups in total. The van der Waals surface area contributed by atoms with Gasteiger partial charge in [0.05, 0.1) is 5.02 Å². The highest BCUT2D eigenvalue weighted by atomic mass is 79.9. The van der Waals surface area contributed by atoms with Crippen molar-refractivity contribution in [2.24, 2.45) is 0 Å². The molecule has 0 saturated heterocycles. The molecule has 0 unspecified atom stereocenters. The average molecular weight is 410 g/mol. The van der Waals surface area contributed by atoms with Crippen LogP contribution in [0.15, 0.2) is 21.5 Å². The molecule has 0 spiro atoms. The maximum absolute atomic E-state index is 13.7. The molecule has 1 atom stereocenters. The highest BCUT2D eigenvalue weighted by Gasteiger charge is 2.21. The van der Waals surface area contributed by atoms with Gasteiger partial charge in [-0.05, 0) is 41.5 Å². The lowest BCUT2D eigenvalue weighted by molar-refractivity contribution is 0.528. The first-order valence-corrected chi connectivity index (χ1v) is 8.31. The predicted octanol–water partition coefficient (Wildman–Crippen LogP) is 2.94. The van der Waals surface area contributed by atoms with Gasteiger partial charge in [0, 0.05) is 17.1 Å². The van der Waals surface area contributed by atoms with Gasteiger partial charge >= 0.3 is 0 Å². The third kappa shape index (κ3) is 5.46. The summed E-state index contributed by atoms with van der Waals surface area (Å²) in [5.74, 6) is -0.847. The van der Waals surface area contributed by atoms with E-state index in [2.05, 4.69) is 26.0 Å². The number of hydrogen-bond acceptors (Lipinski definition) is 3. The predicted molar refractivity (Wildman–Crippen MR) is 84.7 cm³/mol. The highest BCUT2D eigenvalue weighted by molar-refractivity contribution is 9.10. The fraction of sp³-hybridized carbons (Fsp3) is 0.455. The van der Waals surface area contributed by atoms with Gasteiger partial charge in [-0.1, -0.05) is 18.5 Å². The van der Waals surface area contributed by atoms with Gasteiger partial charge in [0.25, 0.3) is 0 Å². The van der Waals surface area contributed by atoms with Crippen LogP contribution in [0.5, 0.6) is 0 Å². The fourth-order valence-corrected chi connectivity index (χ4v) is 3.20. The maximum Gasteiger partial charge on any atom is 0.243 e. The second kappa shape index (κ2) is 8.51. The SMILES string of the molecule is CCN[C@H](C)CNS(=O)(=O)c1cc(Cl)c(Br)cc1F.Cl. The zero-order valence-corrected chi connectivity index (χ0v) is 14.9. The van der Waals surface area contributed by atoms with Crippen molar-refractivity contribution in [3.63, 3.8) is 0 Å². The van der Waals surface area contributed by atoms with Crippen LogP contribution in [0.1, 0.15) is 13.8 Å². The summed E-state index contributed by atoms with van der Waals surface area (Å²) in [6.07, 6.45) is 0. The number of nitrogens with one attached hydrogen (secondary N) is 2. The molecule has 0 aliphatic heterocycles. The van der Waals surface area contributed by atoms with E-state index in [1.807, 2.05) is 13.8 Å². The summed E-state index contributed by atoms with van der Waals surface area (Å²) in [4.78, 5) is -0.454. The van der Waals surface area contributed by atoms with Crippen LogP contribution in [0.2, 0.25) is 5.02 Å². The Hall–Kier alpha value is 0.0800. The maximum atomic E-state index is 13.7. The Kier molecular flexibility index (Phi) is 8.54. The first kappa shape index (κ1) is 20.1. The summed E-state index contributed by atoms with van der Waals surface area (Å²) in [6.45, 7) is 4.64. The van der Waals surface area contributed by atoms with Crippen LogP contribution >= 0.6 is 39.9 Å². The summed E-state index contributed by atoms with van der Waals surface area (Å²) < 4.78 is 40.3. The highest BCUT2D eigenvalue weighted by Crippen LogP contribution is 2.27. The molecule has 0 aromatic heterocycles. The summed E-state index contributed by atoms with van der Waals surface area (Å²) in [7, 11) is -3.91. The van der Waals surface area contributed by atoms with Crippen LogP contribution in [-0.2, 0) is 10.0 Å². The number of sulfonamides is 1. The van der Waals surface area contributed by atoms with Crippen LogP contribution in [0.4, 0.5) is 4.39 Å². The number of halogens is 4. The minimum Gasteiger partial charge on any atom is -0.313 e. The van der Waals surface area contributed by atoms with Gasteiger partial charge in [0.15, 0.2) is 0 Å². The molecule has 0 radical (unpaired) electrons. The lowest BCUT2D eigenvalue weighted by Gasteiger charge is -2.14. The molecule has 1 aromatic rings. The third-order valence-corrected chi connectivity index (χ3v) is 5.03. The zero-order valence-electron chi connectivity index (χ0n) is 10.9. The first-order valence-electron chi connectivity index (χ1n) is 5.65. The molecular weight excluding hydrogens is 394 g/mol. The molecule has 0 heterocycles. The van der Waals surface area contributed by atoms with Crippen molar-refractivity contribution in [2.45, 2.75) is 24.8 Å². The minimum atomic E-state index is -3.91. The number of likely N-dealkylation sites (N-methyl/N-ethyl adjacent to an activating group) is 1. The van der Waals surface area contributed by atoms with Gasteiger partial charge in [0.2, 0.25) is 10.0 Å². The van der Waals surface area contributed by atoms with E-state index in [0.29, 0.717) is 4.47 Å². The zero-order chi connectivity index (χ0) is 14.6. The minimum absolute atomic E-state index is 0. The monoisotopic (exact) mass is 408 g/mol. The second-order valence-corrected chi connectivity index (χ2v) is 7.00. The number of hydrogen-bond donors (Lipinski definition) is 2. The van der Waals surface area contributed by atoms with Crippen molar-refractivity contribution < 1.29 is 12.8 Å². The molecule has 4 nitrogen and oxygen atoms in total. The molecule has 9 heteroatoms. The summed E-state index contributed by atoms with van der Waals surface area (Å²) >= 11 is 8.82. The van der Waals surface area contributed by atoms with Crippen molar-refractivity contribution in [1.29, 1.82) is 0 Å². The Morgan fingerprint density at radius 3 is 2.60 bits per heavy atom. The van der Waals surface area contributed by atoms with Crippen molar-refractivity contribution in [1.82, 2.24) is 10.0 Å². The van der Waals surface area contributed by atoms with E-state index in [-0.39, 0.29) is 30.0 Å². The molecule has 1 rings (SSSR count). The van der Waals surface area contributed by atoms with Crippen LogP contribution in [0, 0.1) is 5.82 Å². The van der Waals surface area contributed by atoms with Gasteiger partial charge < -0.3 is 5.32 Å². The Morgan fingerprint density at radius 2 is 2.05 bits per heavy atom. The van der Waals surface area contributed by atoms with E-state index >= 15 is 0 Å². The van der Waals surface area contributed by atoms with E-state index < -0.39 is 20.7 Å². The lowest BCUT2D eigenvalue weighted by atomic mass is 10.3. The van der Waals surface area contributed by atoms with Gasteiger partial charge in [-0.3, -0.25) is 0 Å². The molecule has 116 valence electrons. The van der Waals surface area contributed by atoms with Gasteiger partial charge in [-0.25, -0.2) is 17.5 Å². The van der Waals surface area contributed by atoms with E-state index in [1.165, 1.54) is 0 Å². The summed E-state index contributed by atoms with van der Waals surface area (Å²) in [5.41, 5.74) is 0. The average Bonchev–Trinajstić information content (AvgIpc) is 2.31. The van der Waals surface area contributed by atoms with Gasteiger partial charge in [-0.2, -0.15) is 0 Å². The standard InChI is InChI=1S/C11H15BrClFN2O2S.ClH/c1-3-15-7(2)6-16-19(17,18)11-5-9(13)8(12)4-10(11)14;/h4-5,7,15-16H,3,6H2,1-2H3;1H/t7-;/m1./s1. The molecule has 0 aliphatic carbocycles. The Balaban J connectivity index is 0.00000361. The Labute approximate surface area is 138 Å². The number of rotatable bonds is 6. The normalized spacial score (nSPS) is 12.8. The van der Waals surface area contributed by atoms with Crippen molar-refractivity contribution >= 4 is 50.0 Å². The smallest absolute Gasteiger partial charge is 0.243 e. The van der Waals surface area contributed by atoms with Gasteiger partial charge in [0.1, 0.15) is 10.7 Å². The topological polar surface area (TPSA) is 58.2 Å². The quantitative estimate of drug-likeness (QED) is 0.710. The summed E-state index contributed by atoms with van der Waals surface area (Å²) in [6, 6.07) is 2.07. The van der Waals surface area contributed by atoms with E-state index in [9.17, 15) is 12.8 Å². The van der Waals surface area contributed by atoms with Crippen LogP contribution < -0.4 is 10.0 Å². The Morgan fingerprint density at radius 1 is 1.45 bits per heavy atom. The number of benzene rings is 1. The molecule has 20 heavy (non-hydrogen) atoms. The Bertz CT molecular complexity index is 558. The second-order valence-electron chi connectivity index (χ2n) is 4.01. The molecule has 1 aromatic carbocycles.